The molecule has 1 N–H and O–H groups in total. The van der Waals surface area contributed by atoms with Gasteiger partial charge in [-0.1, -0.05) is 36.4 Å². The topological polar surface area (TPSA) is 58.8 Å². The van der Waals surface area contributed by atoms with E-state index in [2.05, 4.69) is 0 Å². The lowest BCUT2D eigenvalue weighted by atomic mass is 9.92. The van der Waals surface area contributed by atoms with E-state index >= 15 is 0 Å². The maximum atomic E-state index is 12.9. The van der Waals surface area contributed by atoms with Crippen molar-refractivity contribution in [3.63, 3.8) is 0 Å². The van der Waals surface area contributed by atoms with Crippen LogP contribution in [0.25, 0.3) is 0 Å². The number of carbonyl (C=O) groups is 1. The maximum absolute atomic E-state index is 12.9. The summed E-state index contributed by atoms with van der Waals surface area (Å²) in [6.45, 7) is 1.51. The minimum absolute atomic E-state index is 0.0472. The Morgan fingerprint density at radius 1 is 1.06 bits per heavy atom. The van der Waals surface area contributed by atoms with Crippen LogP contribution in [0.1, 0.15) is 34.6 Å². The van der Waals surface area contributed by atoms with Gasteiger partial charge in [-0.15, -0.1) is 0 Å². The molecule has 0 saturated carbocycles. The van der Waals surface area contributed by atoms with E-state index in [0.29, 0.717) is 25.1 Å². The molecule has 0 radical (unpaired) electrons. The molecule has 2 aliphatic rings. The van der Waals surface area contributed by atoms with Crippen LogP contribution in [0.15, 0.2) is 60.4 Å². The third kappa shape index (κ3) is 5.26. The van der Waals surface area contributed by atoms with E-state index < -0.39 is 18.0 Å². The number of alkyl halides is 3. The lowest BCUT2D eigenvalue weighted by molar-refractivity contribution is -0.152. The fourth-order valence-corrected chi connectivity index (χ4v) is 3.40. The molecule has 2 heterocycles. The highest BCUT2D eigenvalue weighted by Crippen LogP contribution is 2.35. The van der Waals surface area contributed by atoms with Gasteiger partial charge in [0.25, 0.3) is 5.91 Å². The Labute approximate surface area is 177 Å². The molecule has 0 aliphatic carbocycles. The number of carbonyl (C=O) groups excluding carboxylic acids is 1. The average molecular weight is 433 g/mol. The fraction of sp³-hybridized carbons (Fsp3) is 0.348. The van der Waals surface area contributed by atoms with E-state index in [1.165, 1.54) is 12.1 Å². The van der Waals surface area contributed by atoms with E-state index in [0.717, 1.165) is 23.3 Å². The first-order valence-corrected chi connectivity index (χ1v) is 9.98. The van der Waals surface area contributed by atoms with Gasteiger partial charge in [-0.25, -0.2) is 0 Å². The average Bonchev–Trinajstić information content (AvgIpc) is 3.62. The molecular formula is C23H22F3NO4. The molecule has 31 heavy (non-hydrogen) atoms. The van der Waals surface area contributed by atoms with Crippen molar-refractivity contribution in [2.24, 2.45) is 0 Å². The van der Waals surface area contributed by atoms with E-state index in [4.69, 9.17) is 14.6 Å². The van der Waals surface area contributed by atoms with Crippen molar-refractivity contribution in [2.75, 3.05) is 13.1 Å². The molecule has 0 spiro atoms. The predicted molar refractivity (Wildman–Crippen MR) is 105 cm³/mol. The van der Waals surface area contributed by atoms with Crippen molar-refractivity contribution >= 4 is 5.91 Å². The van der Waals surface area contributed by atoms with Crippen LogP contribution >= 0.6 is 0 Å². The van der Waals surface area contributed by atoms with Crippen LogP contribution in [-0.2, 0) is 33.7 Å². The molecule has 2 atom stereocenters. The second kappa shape index (κ2) is 8.72. The van der Waals surface area contributed by atoms with Crippen molar-refractivity contribution < 1.29 is 32.5 Å². The number of nitrogens with zero attached hydrogens (tertiary/aromatic N) is 1. The summed E-state index contributed by atoms with van der Waals surface area (Å²) in [5, 5.41) is 9.14. The van der Waals surface area contributed by atoms with Crippen LogP contribution in [0.4, 0.5) is 13.2 Å². The molecule has 0 aromatic heterocycles. The second-order valence-electron chi connectivity index (χ2n) is 7.62. The number of ether oxygens (including phenoxy) is 2. The summed E-state index contributed by atoms with van der Waals surface area (Å²) >= 11 is 0. The van der Waals surface area contributed by atoms with Crippen molar-refractivity contribution in [3.8, 4) is 0 Å². The maximum Gasteiger partial charge on any atom is 0.416 e. The van der Waals surface area contributed by atoms with Gasteiger partial charge in [0.15, 0.2) is 5.76 Å². The highest BCUT2D eigenvalue weighted by Gasteiger charge is 2.35. The van der Waals surface area contributed by atoms with E-state index in [-0.39, 0.29) is 30.8 Å². The summed E-state index contributed by atoms with van der Waals surface area (Å²) in [7, 11) is 0. The molecule has 5 nitrogen and oxygen atoms in total. The molecular weight excluding hydrogens is 411 g/mol. The number of rotatable bonds is 6. The molecule has 2 aliphatic heterocycles. The van der Waals surface area contributed by atoms with Crippen LogP contribution in [-0.4, -0.2) is 35.3 Å². The number of hydrogen-bond donors (Lipinski definition) is 1. The van der Waals surface area contributed by atoms with Crippen molar-refractivity contribution in [3.05, 3.63) is 82.6 Å². The van der Waals surface area contributed by atoms with Gasteiger partial charge in [0.05, 0.1) is 18.8 Å². The molecule has 0 bridgehead atoms. The van der Waals surface area contributed by atoms with E-state index in [9.17, 15) is 18.0 Å². The lowest BCUT2D eigenvalue weighted by Gasteiger charge is -2.29. The zero-order valence-electron chi connectivity index (χ0n) is 16.6. The molecule has 1 fully saturated rings. The van der Waals surface area contributed by atoms with Gasteiger partial charge in [0.2, 0.25) is 6.29 Å². The fourth-order valence-electron chi connectivity index (χ4n) is 3.40. The van der Waals surface area contributed by atoms with Crippen LogP contribution in [0.2, 0.25) is 0 Å². The molecule has 0 unspecified atom stereocenters. The molecule has 8 heteroatoms. The Hall–Kier alpha value is -2.84. The number of aliphatic hydroxyl groups is 1. The normalized spacial score (nSPS) is 20.8. The first-order valence-electron chi connectivity index (χ1n) is 9.98. The predicted octanol–water partition coefficient (Wildman–Crippen LogP) is 3.97. The van der Waals surface area contributed by atoms with Gasteiger partial charge < -0.3 is 19.5 Å². The summed E-state index contributed by atoms with van der Waals surface area (Å²) in [5.74, 6) is -0.386. The van der Waals surface area contributed by atoms with Gasteiger partial charge in [-0.3, -0.25) is 4.79 Å². The summed E-state index contributed by atoms with van der Waals surface area (Å²) in [4.78, 5) is 14.1. The SMILES string of the molecule is O=C(C1=C[C@H](c2ccc(C(F)(F)F)cc2)C[C@H](OCc2ccc(CO)cc2)O1)N1CC1. The Morgan fingerprint density at radius 3 is 2.29 bits per heavy atom. The lowest BCUT2D eigenvalue weighted by Crippen LogP contribution is -2.29. The van der Waals surface area contributed by atoms with Gasteiger partial charge in [0, 0.05) is 25.4 Å². The minimum atomic E-state index is -4.40. The Balaban J connectivity index is 1.49. The third-order valence-corrected chi connectivity index (χ3v) is 5.31. The molecule has 164 valence electrons. The standard InChI is InChI=1S/C23H22F3NO4/c24-23(25,26)19-7-5-17(6-8-19)18-11-20(22(29)27-9-10-27)31-21(12-18)30-14-16-3-1-15(13-28)2-4-16/h1-8,11,18,21,28H,9-10,12-14H2/t18-,21+/m0/s1. The Morgan fingerprint density at radius 2 is 1.71 bits per heavy atom. The van der Waals surface area contributed by atoms with E-state index in [1.807, 2.05) is 12.1 Å². The van der Waals surface area contributed by atoms with Gasteiger partial charge in [0.1, 0.15) is 0 Å². The van der Waals surface area contributed by atoms with Crippen LogP contribution in [0.5, 0.6) is 0 Å². The van der Waals surface area contributed by atoms with Crippen LogP contribution < -0.4 is 0 Å². The number of amides is 1. The first kappa shape index (κ1) is 21.4. The molecule has 2 aromatic carbocycles. The summed E-state index contributed by atoms with van der Waals surface area (Å²) < 4.78 is 50.3. The highest BCUT2D eigenvalue weighted by molar-refractivity contribution is 5.93. The summed E-state index contributed by atoms with van der Waals surface area (Å²) in [5.41, 5.74) is 1.61. The van der Waals surface area contributed by atoms with Crippen molar-refractivity contribution in [2.45, 2.75) is 38.0 Å². The second-order valence-corrected chi connectivity index (χ2v) is 7.62. The minimum Gasteiger partial charge on any atom is -0.459 e. The summed E-state index contributed by atoms with van der Waals surface area (Å²) in [6, 6.07) is 12.2. The van der Waals surface area contributed by atoms with Crippen molar-refractivity contribution in [1.82, 2.24) is 4.90 Å². The zero-order valence-corrected chi connectivity index (χ0v) is 16.6. The molecule has 2 aromatic rings. The first-order chi connectivity index (χ1) is 14.8. The van der Waals surface area contributed by atoms with Crippen molar-refractivity contribution in [1.29, 1.82) is 0 Å². The van der Waals surface area contributed by atoms with Gasteiger partial charge in [-0.2, -0.15) is 13.2 Å². The van der Waals surface area contributed by atoms with Crippen LogP contribution in [0.3, 0.4) is 0 Å². The monoisotopic (exact) mass is 433 g/mol. The van der Waals surface area contributed by atoms with E-state index in [1.54, 1.807) is 23.1 Å². The number of allylic oxidation sites excluding steroid dienone is 1. The number of aliphatic hydroxyl groups excluding tert-OH is 1. The zero-order chi connectivity index (χ0) is 22.0. The quantitative estimate of drug-likeness (QED) is 0.701. The molecule has 1 amide bonds. The Kier molecular flexibility index (Phi) is 6.02. The molecule has 1 saturated heterocycles. The van der Waals surface area contributed by atoms with Crippen LogP contribution in [0, 0.1) is 0 Å². The smallest absolute Gasteiger partial charge is 0.416 e. The Bertz CT molecular complexity index is 950. The third-order valence-electron chi connectivity index (χ3n) is 5.31. The largest absolute Gasteiger partial charge is 0.459 e. The summed E-state index contributed by atoms with van der Waals surface area (Å²) in [6.07, 6.45) is -3.08. The highest BCUT2D eigenvalue weighted by atomic mass is 19.4. The van der Waals surface area contributed by atoms with Gasteiger partial charge in [-0.05, 0) is 34.9 Å². The van der Waals surface area contributed by atoms with Gasteiger partial charge >= 0.3 is 6.18 Å². The molecule has 4 rings (SSSR count). The number of hydrogen-bond acceptors (Lipinski definition) is 4. The number of benzene rings is 2. The number of halogens is 3.